The number of nitrogen functional groups attached to an aromatic ring is 1. The lowest BCUT2D eigenvalue weighted by atomic mass is 10.00. The summed E-state index contributed by atoms with van der Waals surface area (Å²) in [5.41, 5.74) is 6.54. The van der Waals surface area contributed by atoms with E-state index in [0.717, 1.165) is 12.2 Å². The summed E-state index contributed by atoms with van der Waals surface area (Å²) < 4.78 is 0. The van der Waals surface area contributed by atoms with Crippen molar-refractivity contribution in [3.05, 3.63) is 17.3 Å². The van der Waals surface area contributed by atoms with Crippen LogP contribution in [0.3, 0.4) is 0 Å². The maximum atomic E-state index is 5.89. The summed E-state index contributed by atoms with van der Waals surface area (Å²) in [6, 6.07) is 1.73. The Labute approximate surface area is 96.2 Å². The van der Waals surface area contributed by atoms with Crippen LogP contribution < -0.4 is 10.6 Å². The van der Waals surface area contributed by atoms with Gasteiger partial charge in [0.1, 0.15) is 0 Å². The van der Waals surface area contributed by atoms with Crippen LogP contribution in [-0.2, 0) is 0 Å². The zero-order chi connectivity index (χ0) is 11.6. The number of anilines is 2. The molecular formula is C11H18ClN3. The molecule has 0 aliphatic carbocycles. The van der Waals surface area contributed by atoms with E-state index in [9.17, 15) is 0 Å². The highest BCUT2D eigenvalue weighted by atomic mass is 35.5. The molecule has 0 aliphatic rings. The molecule has 0 aliphatic heterocycles. The third-order valence-electron chi connectivity index (χ3n) is 2.95. The number of hydrogen-bond donors (Lipinski definition) is 1. The highest BCUT2D eigenvalue weighted by molar-refractivity contribution is 6.30. The minimum atomic E-state index is 0.0367. The van der Waals surface area contributed by atoms with Crippen molar-refractivity contribution in [2.24, 2.45) is 0 Å². The van der Waals surface area contributed by atoms with Crippen molar-refractivity contribution >= 4 is 23.1 Å². The fourth-order valence-corrected chi connectivity index (χ4v) is 1.42. The van der Waals surface area contributed by atoms with Gasteiger partial charge in [-0.05, 0) is 26.3 Å². The molecule has 0 bridgehead atoms. The van der Waals surface area contributed by atoms with E-state index in [-0.39, 0.29) is 5.54 Å². The quantitative estimate of drug-likeness (QED) is 0.864. The number of pyridine rings is 1. The van der Waals surface area contributed by atoms with Gasteiger partial charge in [0.05, 0.1) is 10.7 Å². The first-order valence-electron chi connectivity index (χ1n) is 5.03. The fourth-order valence-electron chi connectivity index (χ4n) is 1.25. The van der Waals surface area contributed by atoms with E-state index in [1.165, 1.54) is 0 Å². The zero-order valence-corrected chi connectivity index (χ0v) is 10.5. The van der Waals surface area contributed by atoms with Crippen molar-refractivity contribution in [3.8, 4) is 0 Å². The van der Waals surface area contributed by atoms with Crippen LogP contribution in [0.5, 0.6) is 0 Å². The number of rotatable bonds is 3. The molecule has 1 rings (SSSR count). The molecule has 4 heteroatoms. The molecule has 1 aromatic heterocycles. The monoisotopic (exact) mass is 227 g/mol. The van der Waals surface area contributed by atoms with Gasteiger partial charge in [-0.2, -0.15) is 0 Å². The molecule has 1 heterocycles. The van der Waals surface area contributed by atoms with Gasteiger partial charge >= 0.3 is 0 Å². The van der Waals surface area contributed by atoms with Gasteiger partial charge in [0, 0.05) is 18.8 Å². The van der Waals surface area contributed by atoms with Crippen LogP contribution in [0.1, 0.15) is 27.2 Å². The van der Waals surface area contributed by atoms with Gasteiger partial charge in [-0.15, -0.1) is 0 Å². The van der Waals surface area contributed by atoms with Crippen LogP contribution in [0.25, 0.3) is 0 Å². The molecule has 3 nitrogen and oxygen atoms in total. The van der Waals surface area contributed by atoms with E-state index in [4.69, 9.17) is 17.3 Å². The van der Waals surface area contributed by atoms with Crippen molar-refractivity contribution in [1.82, 2.24) is 4.98 Å². The summed E-state index contributed by atoms with van der Waals surface area (Å²) in [6.45, 7) is 6.45. The van der Waals surface area contributed by atoms with Gasteiger partial charge in [-0.25, -0.2) is 4.98 Å². The second kappa shape index (κ2) is 4.27. The van der Waals surface area contributed by atoms with Crippen molar-refractivity contribution in [2.45, 2.75) is 32.7 Å². The van der Waals surface area contributed by atoms with Crippen LogP contribution in [0.4, 0.5) is 11.5 Å². The van der Waals surface area contributed by atoms with Crippen molar-refractivity contribution in [2.75, 3.05) is 17.7 Å². The summed E-state index contributed by atoms with van der Waals surface area (Å²) in [5, 5.41) is 0.568. The van der Waals surface area contributed by atoms with Gasteiger partial charge in [-0.1, -0.05) is 18.5 Å². The van der Waals surface area contributed by atoms with E-state index in [0.29, 0.717) is 10.7 Å². The van der Waals surface area contributed by atoms with Gasteiger partial charge < -0.3 is 10.6 Å². The smallest absolute Gasteiger partial charge is 0.152 e. The van der Waals surface area contributed by atoms with Crippen molar-refractivity contribution in [1.29, 1.82) is 0 Å². The van der Waals surface area contributed by atoms with Gasteiger partial charge in [-0.3, -0.25) is 0 Å². The van der Waals surface area contributed by atoms with Gasteiger partial charge in [0.2, 0.25) is 0 Å². The first-order chi connectivity index (χ1) is 6.88. The highest BCUT2D eigenvalue weighted by Gasteiger charge is 2.23. The summed E-state index contributed by atoms with van der Waals surface area (Å²) >= 11 is 5.81. The summed E-state index contributed by atoms with van der Waals surface area (Å²) in [5.74, 6) is 0.784. The number of hydrogen-bond acceptors (Lipinski definition) is 3. The largest absolute Gasteiger partial charge is 0.396 e. The molecule has 1 aromatic rings. The highest BCUT2D eigenvalue weighted by Crippen LogP contribution is 2.28. The number of aromatic nitrogens is 1. The Morgan fingerprint density at radius 3 is 2.60 bits per heavy atom. The predicted octanol–water partition coefficient (Wildman–Crippen LogP) is 2.94. The van der Waals surface area contributed by atoms with E-state index in [2.05, 4.69) is 30.7 Å². The fraction of sp³-hybridized carbons (Fsp3) is 0.545. The Morgan fingerprint density at radius 1 is 1.53 bits per heavy atom. The first-order valence-corrected chi connectivity index (χ1v) is 5.41. The van der Waals surface area contributed by atoms with Crippen molar-refractivity contribution in [3.63, 3.8) is 0 Å². The molecule has 15 heavy (non-hydrogen) atoms. The SMILES string of the molecule is CCC(C)(C)N(C)c1ncc(Cl)cc1N. The normalized spacial score (nSPS) is 11.5. The lowest BCUT2D eigenvalue weighted by molar-refractivity contribution is 0.468. The zero-order valence-electron chi connectivity index (χ0n) is 9.71. The Kier molecular flexibility index (Phi) is 3.45. The van der Waals surface area contributed by atoms with Crippen molar-refractivity contribution < 1.29 is 0 Å². The third-order valence-corrected chi connectivity index (χ3v) is 3.16. The lowest BCUT2D eigenvalue weighted by Gasteiger charge is -2.36. The minimum Gasteiger partial charge on any atom is -0.396 e. The molecule has 0 atom stereocenters. The average molecular weight is 228 g/mol. The Hall–Kier alpha value is -0.960. The number of halogens is 1. The second-order valence-electron chi connectivity index (χ2n) is 4.29. The molecule has 0 saturated heterocycles. The predicted molar refractivity (Wildman–Crippen MR) is 66.4 cm³/mol. The first kappa shape index (κ1) is 12.1. The van der Waals surface area contributed by atoms with E-state index in [1.54, 1.807) is 12.3 Å². The van der Waals surface area contributed by atoms with Crippen LogP contribution in [0.2, 0.25) is 5.02 Å². The van der Waals surface area contributed by atoms with Gasteiger partial charge in [0.15, 0.2) is 5.82 Å². The summed E-state index contributed by atoms with van der Waals surface area (Å²) in [4.78, 5) is 6.34. The molecule has 0 saturated carbocycles. The van der Waals surface area contributed by atoms with E-state index < -0.39 is 0 Å². The average Bonchev–Trinajstić information content (AvgIpc) is 2.17. The lowest BCUT2D eigenvalue weighted by Crippen LogP contribution is -2.41. The molecule has 2 N–H and O–H groups in total. The molecule has 0 amide bonds. The molecule has 0 radical (unpaired) electrons. The molecule has 84 valence electrons. The Balaban J connectivity index is 3.06. The maximum absolute atomic E-state index is 5.89. The molecule has 0 fully saturated rings. The molecule has 0 aromatic carbocycles. The summed E-state index contributed by atoms with van der Waals surface area (Å²) in [6.07, 6.45) is 2.64. The maximum Gasteiger partial charge on any atom is 0.152 e. The standard InChI is InChI=1S/C11H18ClN3/c1-5-11(2,3)15(4)10-9(13)6-8(12)7-14-10/h6-7H,5,13H2,1-4H3. The van der Waals surface area contributed by atoms with Gasteiger partial charge in [0.25, 0.3) is 0 Å². The second-order valence-corrected chi connectivity index (χ2v) is 4.73. The van der Waals surface area contributed by atoms with Crippen LogP contribution in [0.15, 0.2) is 12.3 Å². The topological polar surface area (TPSA) is 42.2 Å². The number of nitrogens with two attached hydrogens (primary N) is 1. The molecule has 0 spiro atoms. The number of nitrogens with zero attached hydrogens (tertiary/aromatic N) is 2. The van der Waals surface area contributed by atoms with Crippen LogP contribution in [-0.4, -0.2) is 17.6 Å². The Morgan fingerprint density at radius 2 is 2.13 bits per heavy atom. The van der Waals surface area contributed by atoms with Crippen LogP contribution in [0, 0.1) is 0 Å². The summed E-state index contributed by atoms with van der Waals surface area (Å²) in [7, 11) is 2.00. The van der Waals surface area contributed by atoms with E-state index in [1.807, 2.05) is 7.05 Å². The molecular weight excluding hydrogens is 210 g/mol. The minimum absolute atomic E-state index is 0.0367. The third kappa shape index (κ3) is 2.53. The van der Waals surface area contributed by atoms with Crippen LogP contribution >= 0.6 is 11.6 Å². The Bertz CT molecular complexity index is 350. The van der Waals surface area contributed by atoms with E-state index >= 15 is 0 Å². The molecule has 0 unspecified atom stereocenters.